The fourth-order valence-electron chi connectivity index (χ4n) is 8.20. The summed E-state index contributed by atoms with van der Waals surface area (Å²) in [6.07, 6.45) is 2.28. The predicted molar refractivity (Wildman–Crippen MR) is 294 cm³/mol. The molecule has 1 aliphatic carbocycles. The number of benzene rings is 5. The molecule has 8 rings (SSSR count). The number of nitrogen functional groups attached to an aromatic ring is 1. The molecule has 1 aliphatic rings. The average Bonchev–Trinajstić information content (AvgIpc) is 3.69. The first kappa shape index (κ1) is 57.5. The Bertz CT molecular complexity index is 3200. The number of azo groups is 1. The van der Waals surface area contributed by atoms with Crippen LogP contribution in [0.3, 0.4) is 0 Å². The molecule has 0 amide bonds. The lowest BCUT2D eigenvalue weighted by Crippen LogP contribution is -2.20. The molecule has 0 saturated heterocycles. The summed E-state index contributed by atoms with van der Waals surface area (Å²) in [7, 11) is -6.69. The SMILES string of the molecule is CC(C)(C)CS(=O)(=O)c1ccc(N)cc1.CC(C)(C)c1ccc(F)cc1F.CC(C)n1c(-c2ccccc2)cc2c1CCc1ccccc1-2.Cc1cc(C)nc(CS(=O)(=O)c2ccc(N=NC(C)(C)C)cc2)n1. The van der Waals surface area contributed by atoms with E-state index in [0.717, 1.165) is 30.3 Å². The van der Waals surface area contributed by atoms with E-state index >= 15 is 0 Å². The molecule has 2 N–H and O–H groups in total. The number of aryl methyl sites for hydroxylation is 3. The minimum atomic E-state index is -3.50. The maximum Gasteiger partial charge on any atom is 0.185 e. The van der Waals surface area contributed by atoms with Crippen LogP contribution in [-0.2, 0) is 43.7 Å². The normalized spacial score (nSPS) is 12.7. The molecule has 0 unspecified atom stereocenters. The minimum absolute atomic E-state index is 0.143. The smallest absolute Gasteiger partial charge is 0.185 e. The van der Waals surface area contributed by atoms with Gasteiger partial charge in [-0.2, -0.15) is 10.2 Å². The number of hydrogen-bond donors (Lipinski definition) is 1. The Morgan fingerprint density at radius 3 is 1.77 bits per heavy atom. The van der Waals surface area contributed by atoms with Crippen molar-refractivity contribution < 1.29 is 25.6 Å². The van der Waals surface area contributed by atoms with Crippen LogP contribution < -0.4 is 5.73 Å². The molecule has 2 heterocycles. The standard InChI is InChI=1S/C21H21N.C17H22N4O2S.C11H17NO2S.C10H12F2/c1-15(2)22-20-13-12-16-8-6-7-11-18(16)19(20)14-21(22)17-9-4-3-5-10-17;1-12-10-13(2)19-16(18-12)11-24(22,23)15-8-6-14(7-9-15)20-21-17(3,4)5;1-11(2,3)8-15(13,14)10-6-4-9(12)5-7-10;1-10(2,3)8-5-4-7(11)6-9(8)12/h3-11,14-15H,12-13H2,1-2H3;6-10H,11H2,1-5H3;4-7H,8,12H2,1-3H3;4-6H,1-3H3. The van der Waals surface area contributed by atoms with Gasteiger partial charge in [-0.05, 0) is 161 Å². The van der Waals surface area contributed by atoms with Gasteiger partial charge in [0.1, 0.15) is 23.2 Å². The van der Waals surface area contributed by atoms with E-state index in [4.69, 9.17) is 5.73 Å². The Hall–Kier alpha value is -6.38. The number of aromatic nitrogens is 3. The molecule has 7 aromatic rings. The molecule has 10 nitrogen and oxygen atoms in total. The lowest BCUT2D eigenvalue weighted by Gasteiger charge is -2.22. The van der Waals surface area contributed by atoms with Crippen LogP contribution >= 0.6 is 0 Å². The molecular formula is C59H72F2N6O4S2. The molecule has 0 bridgehead atoms. The third kappa shape index (κ3) is 16.8. The third-order valence-electron chi connectivity index (χ3n) is 11.3. The van der Waals surface area contributed by atoms with Crippen molar-refractivity contribution in [2.45, 2.75) is 135 Å². The lowest BCUT2D eigenvalue weighted by atomic mass is 9.87. The summed E-state index contributed by atoms with van der Waals surface area (Å²) in [5.74, 6) is -0.769. The fraction of sp³-hybridized carbons (Fsp3) is 0.356. The molecule has 2 aromatic heterocycles. The van der Waals surface area contributed by atoms with E-state index < -0.39 is 31.3 Å². The second kappa shape index (κ2) is 23.7. The first-order chi connectivity index (χ1) is 33.9. The molecule has 14 heteroatoms. The average molecular weight is 1030 g/mol. The van der Waals surface area contributed by atoms with Crippen molar-refractivity contribution in [1.29, 1.82) is 0 Å². The Kier molecular flexibility index (Phi) is 18.6. The highest BCUT2D eigenvalue weighted by molar-refractivity contribution is 7.91. The highest BCUT2D eigenvalue weighted by atomic mass is 32.2. The first-order valence-corrected chi connectivity index (χ1v) is 27.7. The maximum absolute atomic E-state index is 13.1. The van der Waals surface area contributed by atoms with Gasteiger partial charge in [0.25, 0.3) is 0 Å². The minimum Gasteiger partial charge on any atom is -0.399 e. The molecular weight excluding hydrogens is 959 g/mol. The summed E-state index contributed by atoms with van der Waals surface area (Å²) in [5.41, 5.74) is 16.4. The summed E-state index contributed by atoms with van der Waals surface area (Å²) < 4.78 is 77.0. The van der Waals surface area contributed by atoms with Gasteiger partial charge in [-0.1, -0.05) is 102 Å². The molecule has 0 radical (unpaired) electrons. The lowest BCUT2D eigenvalue weighted by molar-refractivity contribution is 0.461. The van der Waals surface area contributed by atoms with Crippen molar-refractivity contribution in [1.82, 2.24) is 14.5 Å². The van der Waals surface area contributed by atoms with Crippen LogP contribution in [0.4, 0.5) is 20.2 Å². The van der Waals surface area contributed by atoms with Crippen LogP contribution in [0.2, 0.25) is 0 Å². The van der Waals surface area contributed by atoms with E-state index in [2.05, 4.69) is 99.3 Å². The van der Waals surface area contributed by atoms with Gasteiger partial charge in [-0.25, -0.2) is 35.6 Å². The Morgan fingerprint density at radius 1 is 0.658 bits per heavy atom. The summed E-state index contributed by atoms with van der Waals surface area (Å²) in [5, 5.41) is 8.27. The number of anilines is 1. The summed E-state index contributed by atoms with van der Waals surface area (Å²) in [4.78, 5) is 8.95. The topological polar surface area (TPSA) is 150 Å². The third-order valence-corrected chi connectivity index (χ3v) is 15.1. The van der Waals surface area contributed by atoms with Crippen LogP contribution in [0.5, 0.6) is 0 Å². The fourth-order valence-corrected chi connectivity index (χ4v) is 11.2. The van der Waals surface area contributed by atoms with Crippen molar-refractivity contribution in [3.05, 3.63) is 179 Å². The molecule has 0 aliphatic heterocycles. The zero-order chi connectivity index (χ0) is 54.1. The Labute approximate surface area is 433 Å². The van der Waals surface area contributed by atoms with Gasteiger partial charge in [0, 0.05) is 46.1 Å². The number of halogens is 2. The molecule has 0 atom stereocenters. The Morgan fingerprint density at radius 2 is 1.22 bits per heavy atom. The van der Waals surface area contributed by atoms with Crippen molar-refractivity contribution in [2.75, 3.05) is 11.5 Å². The number of fused-ring (bicyclic) bond motifs is 3. The summed E-state index contributed by atoms with van der Waals surface area (Å²) in [6, 6.07) is 40.7. The van der Waals surface area contributed by atoms with Gasteiger partial charge in [0.2, 0.25) is 0 Å². The number of sulfone groups is 2. The van der Waals surface area contributed by atoms with Gasteiger partial charge >= 0.3 is 0 Å². The van der Waals surface area contributed by atoms with E-state index in [1.165, 1.54) is 57.9 Å². The van der Waals surface area contributed by atoms with Gasteiger partial charge in [0.05, 0.1) is 26.8 Å². The summed E-state index contributed by atoms with van der Waals surface area (Å²) >= 11 is 0. The largest absolute Gasteiger partial charge is 0.399 e. The van der Waals surface area contributed by atoms with Gasteiger partial charge in [-0.15, -0.1) is 0 Å². The van der Waals surface area contributed by atoms with Crippen LogP contribution in [-0.4, -0.2) is 42.7 Å². The number of rotatable bonds is 8. The van der Waals surface area contributed by atoms with Crippen LogP contribution in [0.1, 0.15) is 116 Å². The van der Waals surface area contributed by atoms with E-state index in [9.17, 15) is 25.6 Å². The van der Waals surface area contributed by atoms with Crippen LogP contribution in [0.25, 0.3) is 22.4 Å². The van der Waals surface area contributed by atoms with Crippen LogP contribution in [0.15, 0.2) is 153 Å². The zero-order valence-corrected chi connectivity index (χ0v) is 46.3. The monoisotopic (exact) mass is 1030 g/mol. The molecule has 0 spiro atoms. The van der Waals surface area contributed by atoms with Gasteiger partial charge in [0.15, 0.2) is 19.7 Å². The second-order valence-corrected chi connectivity index (χ2v) is 25.8. The molecule has 5 aromatic carbocycles. The Balaban J connectivity index is 0.000000187. The van der Waals surface area contributed by atoms with Crippen LogP contribution in [0, 0.1) is 30.9 Å². The first-order valence-electron chi connectivity index (χ1n) is 24.4. The molecule has 73 heavy (non-hydrogen) atoms. The van der Waals surface area contributed by atoms with E-state index in [1.807, 2.05) is 82.2 Å². The maximum atomic E-state index is 13.1. The van der Waals surface area contributed by atoms with Gasteiger partial charge in [-0.3, -0.25) is 0 Å². The van der Waals surface area contributed by atoms with Crippen molar-refractivity contribution in [3.63, 3.8) is 0 Å². The zero-order valence-electron chi connectivity index (χ0n) is 44.6. The second-order valence-electron chi connectivity index (χ2n) is 21.8. The van der Waals surface area contributed by atoms with Crippen molar-refractivity contribution >= 4 is 31.0 Å². The van der Waals surface area contributed by atoms with Crippen molar-refractivity contribution in [3.8, 4) is 22.4 Å². The highest BCUT2D eigenvalue weighted by Gasteiger charge is 2.25. The van der Waals surface area contributed by atoms with Crippen molar-refractivity contribution in [2.24, 2.45) is 15.6 Å². The number of nitrogens with two attached hydrogens (primary N) is 1. The predicted octanol–water partition coefficient (Wildman–Crippen LogP) is 14.8. The van der Waals surface area contributed by atoms with E-state index in [1.54, 1.807) is 36.4 Å². The number of hydrogen-bond acceptors (Lipinski definition) is 9. The molecule has 0 fully saturated rings. The van der Waals surface area contributed by atoms with E-state index in [-0.39, 0.29) is 32.8 Å². The highest BCUT2D eigenvalue weighted by Crippen LogP contribution is 2.40. The van der Waals surface area contributed by atoms with Gasteiger partial charge < -0.3 is 10.3 Å². The molecule has 388 valence electrons. The number of nitrogens with zero attached hydrogens (tertiary/aromatic N) is 5. The molecule has 0 saturated carbocycles. The van der Waals surface area contributed by atoms with E-state index in [0.29, 0.717) is 33.7 Å². The summed E-state index contributed by atoms with van der Waals surface area (Å²) in [6.45, 7) is 25.4. The quantitative estimate of drug-likeness (QED) is 0.118.